The second kappa shape index (κ2) is 13.5. The molecule has 1 aromatic rings. The van der Waals surface area contributed by atoms with E-state index in [0.717, 1.165) is 63.4 Å². The molecule has 178 valence electrons. The number of aliphatic imine (C=N–C) groups is 1. The zero-order chi connectivity index (χ0) is 21.2. The lowest BCUT2D eigenvalue weighted by atomic mass is 9.93. The maximum atomic E-state index is 12.5. The Hall–Kier alpha value is -1.01. The number of hydrogen-bond donors (Lipinski definition) is 2. The van der Waals surface area contributed by atoms with Gasteiger partial charge in [0, 0.05) is 26.1 Å². The highest BCUT2D eigenvalue weighted by atomic mass is 127. The number of rotatable bonds is 9. The second-order valence-corrected chi connectivity index (χ2v) is 8.13. The Labute approximate surface area is 199 Å². The van der Waals surface area contributed by atoms with E-state index in [1.165, 1.54) is 4.90 Å². The van der Waals surface area contributed by atoms with Gasteiger partial charge < -0.3 is 19.8 Å². The van der Waals surface area contributed by atoms with Gasteiger partial charge in [0.2, 0.25) is 0 Å². The Morgan fingerprint density at radius 2 is 1.94 bits per heavy atom. The predicted molar refractivity (Wildman–Crippen MR) is 125 cm³/mol. The van der Waals surface area contributed by atoms with Crippen molar-refractivity contribution in [2.24, 2.45) is 10.9 Å². The van der Waals surface area contributed by atoms with E-state index < -0.39 is 12.7 Å². The Balaban J connectivity index is 0.00000341. The number of piperidine rings is 1. The molecule has 0 saturated carbocycles. The molecule has 1 unspecified atom stereocenters. The molecule has 10 heteroatoms. The fourth-order valence-corrected chi connectivity index (χ4v) is 4.00. The molecule has 2 aliphatic rings. The van der Waals surface area contributed by atoms with E-state index in [-0.39, 0.29) is 30.1 Å². The Morgan fingerprint density at radius 3 is 2.58 bits per heavy atom. The van der Waals surface area contributed by atoms with Crippen molar-refractivity contribution in [2.75, 3.05) is 45.9 Å². The Morgan fingerprint density at radius 1 is 1.16 bits per heavy atom. The van der Waals surface area contributed by atoms with Crippen molar-refractivity contribution in [2.45, 2.75) is 50.8 Å². The van der Waals surface area contributed by atoms with Crippen LogP contribution in [0.15, 0.2) is 27.8 Å². The van der Waals surface area contributed by atoms with Gasteiger partial charge in [0.15, 0.2) is 5.96 Å². The van der Waals surface area contributed by atoms with Gasteiger partial charge in [0.25, 0.3) is 0 Å². The molecule has 0 aliphatic carbocycles. The first-order chi connectivity index (χ1) is 14.5. The molecule has 3 heterocycles. The SMILES string of the molecule is FC(F)(F)CN1CCC(CCNC(=NCC2CCCO2)NCCc2ccco2)CC1.I. The lowest BCUT2D eigenvalue weighted by Crippen LogP contribution is -2.42. The van der Waals surface area contributed by atoms with Crippen LogP contribution in [0.25, 0.3) is 0 Å². The quantitative estimate of drug-likeness (QED) is 0.274. The number of furan rings is 1. The fourth-order valence-electron chi connectivity index (χ4n) is 4.00. The molecule has 0 radical (unpaired) electrons. The third kappa shape index (κ3) is 10.4. The molecule has 1 atom stereocenters. The summed E-state index contributed by atoms with van der Waals surface area (Å²) in [6.07, 6.45) is 3.19. The van der Waals surface area contributed by atoms with E-state index in [1.54, 1.807) is 6.26 Å². The molecule has 0 amide bonds. The first-order valence-electron chi connectivity index (χ1n) is 10.9. The monoisotopic (exact) mass is 558 g/mol. The topological polar surface area (TPSA) is 62.0 Å². The number of halogens is 4. The summed E-state index contributed by atoms with van der Waals surface area (Å²) in [6, 6.07) is 3.82. The number of guanidine groups is 1. The summed E-state index contributed by atoms with van der Waals surface area (Å²) in [6.45, 7) is 3.14. The van der Waals surface area contributed by atoms with Crippen LogP contribution in [0.5, 0.6) is 0 Å². The van der Waals surface area contributed by atoms with Crippen molar-refractivity contribution in [3.05, 3.63) is 24.2 Å². The third-order valence-electron chi connectivity index (χ3n) is 5.68. The minimum absolute atomic E-state index is 0. The molecule has 31 heavy (non-hydrogen) atoms. The number of nitrogens with zero attached hydrogens (tertiary/aromatic N) is 2. The average molecular weight is 558 g/mol. The maximum absolute atomic E-state index is 12.5. The first-order valence-corrected chi connectivity index (χ1v) is 10.9. The van der Waals surface area contributed by atoms with Crippen LogP contribution >= 0.6 is 24.0 Å². The normalized spacial score (nSPS) is 21.1. The zero-order valence-corrected chi connectivity index (χ0v) is 20.2. The third-order valence-corrected chi connectivity index (χ3v) is 5.68. The van der Waals surface area contributed by atoms with Gasteiger partial charge in [0.1, 0.15) is 5.76 Å². The highest BCUT2D eigenvalue weighted by Gasteiger charge is 2.32. The first kappa shape index (κ1) is 26.2. The summed E-state index contributed by atoms with van der Waals surface area (Å²) in [5.74, 6) is 2.13. The molecule has 2 fully saturated rings. The van der Waals surface area contributed by atoms with E-state index in [1.807, 2.05) is 12.1 Å². The fraction of sp³-hybridized carbons (Fsp3) is 0.762. The molecular weight excluding hydrogens is 524 g/mol. The average Bonchev–Trinajstić information content (AvgIpc) is 3.40. The zero-order valence-electron chi connectivity index (χ0n) is 17.8. The van der Waals surface area contributed by atoms with E-state index in [2.05, 4.69) is 15.6 Å². The molecule has 0 spiro atoms. The van der Waals surface area contributed by atoms with Crippen LogP contribution in [-0.4, -0.2) is 69.0 Å². The summed E-state index contributed by atoms with van der Waals surface area (Å²) in [5, 5.41) is 6.72. The summed E-state index contributed by atoms with van der Waals surface area (Å²) < 4.78 is 48.6. The number of ether oxygens (including phenoxy) is 1. The van der Waals surface area contributed by atoms with Crippen LogP contribution < -0.4 is 10.6 Å². The van der Waals surface area contributed by atoms with Gasteiger partial charge in [-0.1, -0.05) is 0 Å². The van der Waals surface area contributed by atoms with Gasteiger partial charge in [-0.3, -0.25) is 9.89 Å². The van der Waals surface area contributed by atoms with Crippen LogP contribution in [0.4, 0.5) is 13.2 Å². The predicted octanol–water partition coefficient (Wildman–Crippen LogP) is 3.82. The molecule has 2 aliphatic heterocycles. The van der Waals surface area contributed by atoms with Gasteiger partial charge in [-0.25, -0.2) is 0 Å². The molecule has 6 nitrogen and oxygen atoms in total. The molecule has 3 rings (SSSR count). The number of likely N-dealkylation sites (tertiary alicyclic amines) is 1. The van der Waals surface area contributed by atoms with Crippen molar-refractivity contribution >= 4 is 29.9 Å². The van der Waals surface area contributed by atoms with Gasteiger partial charge in [-0.05, 0) is 63.2 Å². The van der Waals surface area contributed by atoms with Crippen molar-refractivity contribution in [3.63, 3.8) is 0 Å². The lowest BCUT2D eigenvalue weighted by molar-refractivity contribution is -0.148. The molecular formula is C21H34F3IN4O2. The van der Waals surface area contributed by atoms with Crippen molar-refractivity contribution in [1.29, 1.82) is 0 Å². The molecule has 1 aromatic heterocycles. The summed E-state index contributed by atoms with van der Waals surface area (Å²) in [5.41, 5.74) is 0. The summed E-state index contributed by atoms with van der Waals surface area (Å²) in [7, 11) is 0. The second-order valence-electron chi connectivity index (χ2n) is 8.13. The van der Waals surface area contributed by atoms with Gasteiger partial charge in [-0.2, -0.15) is 13.2 Å². The molecule has 0 aromatic carbocycles. The van der Waals surface area contributed by atoms with Crippen LogP contribution in [0, 0.1) is 5.92 Å². The summed E-state index contributed by atoms with van der Waals surface area (Å²) in [4.78, 5) is 6.17. The van der Waals surface area contributed by atoms with Crippen LogP contribution in [0.1, 0.15) is 37.9 Å². The standard InChI is InChI=1S/C21H33F3N4O2.HI/c22-21(23,24)16-28-11-7-17(8-12-28)5-9-25-20(27-15-19-4-2-14-30-19)26-10-6-18-3-1-13-29-18;/h1,3,13,17,19H,2,4-12,14-16H2,(H2,25,26,27);1H. The molecule has 2 N–H and O–H groups in total. The lowest BCUT2D eigenvalue weighted by Gasteiger charge is -2.32. The van der Waals surface area contributed by atoms with Crippen LogP contribution in [0.3, 0.4) is 0 Å². The van der Waals surface area contributed by atoms with Gasteiger partial charge in [-0.15, -0.1) is 24.0 Å². The van der Waals surface area contributed by atoms with Crippen molar-refractivity contribution < 1.29 is 22.3 Å². The van der Waals surface area contributed by atoms with E-state index in [9.17, 15) is 13.2 Å². The Kier molecular flexibility index (Phi) is 11.4. The smallest absolute Gasteiger partial charge is 0.401 e. The van der Waals surface area contributed by atoms with Crippen LogP contribution in [-0.2, 0) is 11.2 Å². The Bertz CT molecular complexity index is 629. The minimum Gasteiger partial charge on any atom is -0.469 e. The van der Waals surface area contributed by atoms with Crippen molar-refractivity contribution in [3.8, 4) is 0 Å². The van der Waals surface area contributed by atoms with E-state index >= 15 is 0 Å². The largest absolute Gasteiger partial charge is 0.469 e. The number of alkyl halides is 3. The highest BCUT2D eigenvalue weighted by Crippen LogP contribution is 2.24. The minimum atomic E-state index is -4.11. The molecule has 2 saturated heterocycles. The van der Waals surface area contributed by atoms with E-state index in [0.29, 0.717) is 32.1 Å². The number of hydrogen-bond acceptors (Lipinski definition) is 4. The maximum Gasteiger partial charge on any atom is 0.401 e. The van der Waals surface area contributed by atoms with E-state index in [4.69, 9.17) is 9.15 Å². The number of nitrogens with one attached hydrogen (secondary N) is 2. The van der Waals surface area contributed by atoms with Crippen LogP contribution in [0.2, 0.25) is 0 Å². The summed E-state index contributed by atoms with van der Waals surface area (Å²) >= 11 is 0. The molecule has 0 bridgehead atoms. The van der Waals surface area contributed by atoms with Gasteiger partial charge >= 0.3 is 6.18 Å². The van der Waals surface area contributed by atoms with Crippen molar-refractivity contribution in [1.82, 2.24) is 15.5 Å². The highest BCUT2D eigenvalue weighted by molar-refractivity contribution is 14.0. The van der Waals surface area contributed by atoms with Gasteiger partial charge in [0.05, 0.1) is 25.5 Å².